The molecule has 0 spiro atoms. The Morgan fingerprint density at radius 3 is 2.94 bits per heavy atom. The van der Waals surface area contributed by atoms with Crippen molar-refractivity contribution in [3.63, 3.8) is 0 Å². The van der Waals surface area contributed by atoms with Crippen molar-refractivity contribution in [1.82, 2.24) is 0 Å². The van der Waals surface area contributed by atoms with Gasteiger partial charge in [-0.25, -0.2) is 0 Å². The topological polar surface area (TPSA) is 40.9 Å². The molecule has 2 nitrogen and oxygen atoms in total. The third-order valence-corrected chi connectivity index (χ3v) is 2.69. The molecule has 0 fully saturated rings. The van der Waals surface area contributed by atoms with E-state index in [-0.39, 0.29) is 5.12 Å². The molecule has 0 saturated heterocycles. The number of rotatable bonds is 1. The van der Waals surface area contributed by atoms with Gasteiger partial charge in [-0.05, 0) is 18.2 Å². The molecule has 1 rings (SSSR count). The first-order valence-corrected chi connectivity index (χ1v) is 5.81. The summed E-state index contributed by atoms with van der Waals surface area (Å²) in [6, 6.07) is 7.00. The zero-order valence-corrected chi connectivity index (χ0v) is 10.2. The summed E-state index contributed by atoms with van der Waals surface area (Å²) in [5, 5.41) is 9.22. The molecule has 0 heterocycles. The van der Waals surface area contributed by atoms with Crippen molar-refractivity contribution in [1.29, 1.82) is 5.26 Å². The second kappa shape index (κ2) is 6.23. The highest BCUT2D eigenvalue weighted by atomic mass is 35.5. The van der Waals surface area contributed by atoms with Gasteiger partial charge in [0.2, 0.25) is 0 Å². The summed E-state index contributed by atoms with van der Waals surface area (Å²) in [5.74, 6) is 6.17. The maximum absolute atomic E-state index is 10.6. The number of hydrogen-bond donors (Lipinski definition) is 0. The van der Waals surface area contributed by atoms with Crippen molar-refractivity contribution in [2.75, 3.05) is 5.75 Å². The van der Waals surface area contributed by atoms with Gasteiger partial charge in [0.15, 0.2) is 5.12 Å². The van der Waals surface area contributed by atoms with Crippen LogP contribution in [-0.4, -0.2) is 10.9 Å². The molecule has 0 saturated carbocycles. The summed E-state index contributed by atoms with van der Waals surface area (Å²) >= 11 is 6.94. The molecule has 0 aliphatic carbocycles. The van der Waals surface area contributed by atoms with Gasteiger partial charge in [-0.1, -0.05) is 35.2 Å². The molecule has 0 atom stereocenters. The average Bonchev–Trinajstić information content (AvgIpc) is 2.26. The third-order valence-electron chi connectivity index (χ3n) is 1.67. The van der Waals surface area contributed by atoms with E-state index in [4.69, 9.17) is 16.9 Å². The van der Waals surface area contributed by atoms with Crippen molar-refractivity contribution >= 4 is 28.5 Å². The standard InChI is InChI=1S/C12H8ClNOS/c1-9(15)16-6-2-3-10-4-5-12(13)11(7-10)8-14/h4-5,7H,6H2,1H3. The van der Waals surface area contributed by atoms with E-state index in [9.17, 15) is 4.79 Å². The van der Waals surface area contributed by atoms with Crippen LogP contribution in [0.5, 0.6) is 0 Å². The van der Waals surface area contributed by atoms with E-state index in [1.807, 2.05) is 6.07 Å². The Balaban J connectivity index is 2.75. The lowest BCUT2D eigenvalue weighted by atomic mass is 10.1. The van der Waals surface area contributed by atoms with Crippen LogP contribution in [0.25, 0.3) is 0 Å². The number of halogens is 1. The molecule has 0 aliphatic rings. The van der Waals surface area contributed by atoms with E-state index >= 15 is 0 Å². The molecule has 0 amide bonds. The van der Waals surface area contributed by atoms with Crippen LogP contribution in [0.1, 0.15) is 18.1 Å². The van der Waals surface area contributed by atoms with E-state index in [0.717, 1.165) is 17.3 Å². The minimum absolute atomic E-state index is 0.0446. The van der Waals surface area contributed by atoms with Gasteiger partial charge in [-0.3, -0.25) is 4.79 Å². The Labute approximate surface area is 104 Å². The number of thioether (sulfide) groups is 1. The van der Waals surface area contributed by atoms with Crippen molar-refractivity contribution in [3.05, 3.63) is 34.3 Å². The minimum Gasteiger partial charge on any atom is -0.288 e. The number of nitriles is 1. The molecular formula is C12H8ClNOS. The molecule has 80 valence electrons. The highest BCUT2D eigenvalue weighted by molar-refractivity contribution is 8.13. The van der Waals surface area contributed by atoms with Crippen LogP contribution in [0.2, 0.25) is 5.02 Å². The van der Waals surface area contributed by atoms with E-state index in [0.29, 0.717) is 16.3 Å². The number of carbonyl (C=O) groups is 1. The van der Waals surface area contributed by atoms with Gasteiger partial charge in [0.1, 0.15) is 6.07 Å². The maximum Gasteiger partial charge on any atom is 0.186 e. The van der Waals surface area contributed by atoms with Crippen molar-refractivity contribution in [2.24, 2.45) is 0 Å². The van der Waals surface area contributed by atoms with Gasteiger partial charge in [0.25, 0.3) is 0 Å². The van der Waals surface area contributed by atoms with E-state index in [1.165, 1.54) is 6.92 Å². The Bertz CT molecular complexity index is 508. The molecule has 1 aromatic rings. The number of benzene rings is 1. The monoisotopic (exact) mass is 249 g/mol. The molecule has 1 aromatic carbocycles. The summed E-state index contributed by atoms with van der Waals surface area (Å²) in [6.07, 6.45) is 0. The van der Waals surface area contributed by atoms with Crippen LogP contribution in [0, 0.1) is 23.2 Å². The van der Waals surface area contributed by atoms with Crippen molar-refractivity contribution < 1.29 is 4.79 Å². The zero-order chi connectivity index (χ0) is 12.0. The fourth-order valence-corrected chi connectivity index (χ4v) is 1.47. The SMILES string of the molecule is CC(=O)SCC#Cc1ccc(Cl)c(C#N)c1. The quantitative estimate of drug-likeness (QED) is 0.719. The average molecular weight is 250 g/mol. The van der Waals surface area contributed by atoms with Gasteiger partial charge in [-0.2, -0.15) is 5.26 Å². The molecule has 16 heavy (non-hydrogen) atoms. The molecule has 0 unspecified atom stereocenters. The first-order chi connectivity index (χ1) is 7.63. The fraction of sp³-hybridized carbons (Fsp3) is 0.167. The third kappa shape index (κ3) is 3.98. The number of nitrogens with zero attached hydrogens (tertiary/aromatic N) is 1. The van der Waals surface area contributed by atoms with Crippen LogP contribution in [0.3, 0.4) is 0 Å². The lowest BCUT2D eigenvalue weighted by Gasteiger charge is -1.94. The minimum atomic E-state index is 0.0446. The van der Waals surface area contributed by atoms with Crippen molar-refractivity contribution in [2.45, 2.75) is 6.92 Å². The van der Waals surface area contributed by atoms with Crippen LogP contribution in [-0.2, 0) is 4.79 Å². The van der Waals surface area contributed by atoms with Gasteiger partial charge in [0, 0.05) is 12.5 Å². The maximum atomic E-state index is 10.6. The summed E-state index contributed by atoms with van der Waals surface area (Å²) in [7, 11) is 0. The number of carbonyl (C=O) groups excluding carboxylic acids is 1. The molecule has 0 aliphatic heterocycles. The van der Waals surface area contributed by atoms with Crippen LogP contribution in [0.4, 0.5) is 0 Å². The molecule has 0 bridgehead atoms. The highest BCUT2D eigenvalue weighted by Crippen LogP contribution is 2.15. The van der Waals surface area contributed by atoms with Gasteiger partial charge >= 0.3 is 0 Å². The second-order valence-electron chi connectivity index (χ2n) is 2.89. The first-order valence-electron chi connectivity index (χ1n) is 4.45. The predicted octanol–water partition coefficient (Wildman–Crippen LogP) is 2.84. The van der Waals surface area contributed by atoms with Crippen LogP contribution in [0.15, 0.2) is 18.2 Å². The summed E-state index contributed by atoms with van der Waals surface area (Å²) < 4.78 is 0. The molecular weight excluding hydrogens is 242 g/mol. The number of hydrogen-bond acceptors (Lipinski definition) is 3. The Hall–Kier alpha value is -1.42. The predicted molar refractivity (Wildman–Crippen MR) is 66.2 cm³/mol. The van der Waals surface area contributed by atoms with Gasteiger partial charge < -0.3 is 0 Å². The Kier molecular flexibility index (Phi) is 4.92. The Morgan fingerprint density at radius 2 is 2.31 bits per heavy atom. The van der Waals surface area contributed by atoms with Crippen LogP contribution >= 0.6 is 23.4 Å². The largest absolute Gasteiger partial charge is 0.288 e. The van der Waals surface area contributed by atoms with Gasteiger partial charge in [0.05, 0.1) is 16.3 Å². The summed E-state index contributed by atoms with van der Waals surface area (Å²) in [6.45, 7) is 1.50. The molecule has 0 radical (unpaired) electrons. The van der Waals surface area contributed by atoms with E-state index in [1.54, 1.807) is 18.2 Å². The lowest BCUT2D eigenvalue weighted by molar-refractivity contribution is -0.109. The van der Waals surface area contributed by atoms with E-state index in [2.05, 4.69) is 11.8 Å². The zero-order valence-electron chi connectivity index (χ0n) is 8.58. The second-order valence-corrected chi connectivity index (χ2v) is 4.45. The molecule has 0 N–H and O–H groups in total. The smallest absolute Gasteiger partial charge is 0.186 e. The normalized spacial score (nSPS) is 8.81. The fourth-order valence-electron chi connectivity index (χ4n) is 0.965. The van der Waals surface area contributed by atoms with Gasteiger partial charge in [-0.15, -0.1) is 0 Å². The molecule has 0 aromatic heterocycles. The van der Waals surface area contributed by atoms with Crippen LogP contribution < -0.4 is 0 Å². The Morgan fingerprint density at radius 1 is 1.56 bits per heavy atom. The highest BCUT2D eigenvalue weighted by Gasteiger charge is 1.98. The summed E-state index contributed by atoms with van der Waals surface area (Å²) in [5.41, 5.74) is 1.14. The van der Waals surface area contributed by atoms with Crippen molar-refractivity contribution in [3.8, 4) is 17.9 Å². The molecule has 4 heteroatoms. The first kappa shape index (κ1) is 12.6. The lowest BCUT2D eigenvalue weighted by Crippen LogP contribution is -1.83. The van der Waals surface area contributed by atoms with E-state index < -0.39 is 0 Å². The summed E-state index contributed by atoms with van der Waals surface area (Å²) in [4.78, 5) is 10.6.